The fourth-order valence-corrected chi connectivity index (χ4v) is 3.40. The number of hydrogen-bond acceptors (Lipinski definition) is 4. The summed E-state index contributed by atoms with van der Waals surface area (Å²) in [4.78, 5) is 0. The summed E-state index contributed by atoms with van der Waals surface area (Å²) >= 11 is 0. The minimum atomic E-state index is -4.41. The van der Waals surface area contributed by atoms with Crippen LogP contribution in [-0.2, 0) is 16.2 Å². The van der Waals surface area contributed by atoms with Gasteiger partial charge >= 0.3 is 6.18 Å². The van der Waals surface area contributed by atoms with E-state index in [1.807, 2.05) is 0 Å². The van der Waals surface area contributed by atoms with Crippen molar-refractivity contribution in [1.29, 1.82) is 0 Å². The van der Waals surface area contributed by atoms with Gasteiger partial charge in [-0.15, -0.1) is 0 Å². The van der Waals surface area contributed by atoms with Gasteiger partial charge in [0.2, 0.25) is 10.0 Å². The van der Waals surface area contributed by atoms with Gasteiger partial charge in [0, 0.05) is 12.5 Å². The van der Waals surface area contributed by atoms with Gasteiger partial charge in [-0.3, -0.25) is 0 Å². The Morgan fingerprint density at radius 3 is 2.48 bits per heavy atom. The fraction of sp³-hybridized carbons (Fsp3) is 0.571. The van der Waals surface area contributed by atoms with Crippen molar-refractivity contribution in [3.63, 3.8) is 0 Å². The van der Waals surface area contributed by atoms with Crippen molar-refractivity contribution in [2.24, 2.45) is 5.92 Å². The number of rotatable bonds is 6. The van der Waals surface area contributed by atoms with E-state index in [0.717, 1.165) is 25.1 Å². The van der Waals surface area contributed by atoms with Crippen LogP contribution in [0.4, 0.5) is 13.2 Å². The Labute approximate surface area is 133 Å². The Balaban J connectivity index is 2.13. The quantitative estimate of drug-likeness (QED) is 0.816. The van der Waals surface area contributed by atoms with Crippen molar-refractivity contribution in [3.8, 4) is 5.75 Å². The van der Waals surface area contributed by atoms with E-state index in [1.165, 1.54) is 19.2 Å². The van der Waals surface area contributed by atoms with Crippen molar-refractivity contribution in [2.75, 3.05) is 25.9 Å². The molecule has 5 nitrogen and oxygen atoms in total. The summed E-state index contributed by atoms with van der Waals surface area (Å²) in [5.41, 5.74) is -0.772. The normalized spacial score (nSPS) is 20.4. The Morgan fingerprint density at radius 2 is 2.00 bits per heavy atom. The van der Waals surface area contributed by atoms with Crippen LogP contribution in [0.2, 0.25) is 0 Å². The largest absolute Gasteiger partial charge is 0.489 e. The molecular weight excluding hydrogens is 333 g/mol. The molecule has 23 heavy (non-hydrogen) atoms. The van der Waals surface area contributed by atoms with E-state index >= 15 is 0 Å². The fourth-order valence-electron chi connectivity index (χ4n) is 2.46. The van der Waals surface area contributed by atoms with Crippen LogP contribution < -0.4 is 14.8 Å². The van der Waals surface area contributed by atoms with E-state index in [2.05, 4.69) is 10.0 Å². The highest BCUT2D eigenvalue weighted by atomic mass is 32.2. The first-order valence-corrected chi connectivity index (χ1v) is 8.82. The van der Waals surface area contributed by atoms with Gasteiger partial charge in [0.1, 0.15) is 17.6 Å². The maximum absolute atomic E-state index is 12.6. The highest BCUT2D eigenvalue weighted by Gasteiger charge is 2.32. The maximum Gasteiger partial charge on any atom is 0.416 e. The molecular formula is C14H19F3N2O3S. The van der Waals surface area contributed by atoms with E-state index in [4.69, 9.17) is 4.74 Å². The molecule has 0 bridgehead atoms. The monoisotopic (exact) mass is 352 g/mol. The van der Waals surface area contributed by atoms with Gasteiger partial charge in [-0.05, 0) is 44.3 Å². The molecule has 9 heteroatoms. The third-order valence-corrected chi connectivity index (χ3v) is 5.18. The molecule has 2 rings (SSSR count). The zero-order chi connectivity index (χ0) is 17.1. The van der Waals surface area contributed by atoms with E-state index in [0.29, 0.717) is 6.54 Å². The summed E-state index contributed by atoms with van der Waals surface area (Å²) in [5.74, 6) is -0.0294. The highest BCUT2D eigenvalue weighted by Crippen LogP contribution is 2.31. The first-order chi connectivity index (χ1) is 10.7. The van der Waals surface area contributed by atoms with Gasteiger partial charge in [0.05, 0.1) is 5.56 Å². The number of ether oxygens (including phenoxy) is 1. The van der Waals surface area contributed by atoms with Crippen molar-refractivity contribution in [1.82, 2.24) is 10.0 Å². The highest BCUT2D eigenvalue weighted by molar-refractivity contribution is 7.89. The van der Waals surface area contributed by atoms with Gasteiger partial charge in [0.25, 0.3) is 0 Å². The first-order valence-electron chi connectivity index (χ1n) is 7.17. The lowest BCUT2D eigenvalue weighted by Gasteiger charge is -2.24. The summed E-state index contributed by atoms with van der Waals surface area (Å²) in [5, 5.41) is 3.13. The summed E-state index contributed by atoms with van der Waals surface area (Å²) in [6, 6.07) is 4.27. The molecule has 2 unspecified atom stereocenters. The Bertz CT molecular complexity index is 611. The molecule has 1 aliphatic heterocycles. The summed E-state index contributed by atoms with van der Waals surface area (Å²) < 4.78 is 69.2. The SMILES string of the molecule is CNS(=O)(=O)CC(Oc1ccc(C(F)(F)F)cc1)C1CCNC1. The second-order valence-electron chi connectivity index (χ2n) is 5.42. The van der Waals surface area contributed by atoms with Crippen LogP contribution in [0.5, 0.6) is 5.75 Å². The standard InChI is InChI=1S/C14H19F3N2O3S/c1-18-23(20,21)9-13(10-6-7-19-8-10)22-12-4-2-11(3-5-12)14(15,16)17/h2-5,10,13,18-19H,6-9H2,1H3. The molecule has 2 N–H and O–H groups in total. The lowest BCUT2D eigenvalue weighted by atomic mass is 10.0. The van der Waals surface area contributed by atoms with Gasteiger partial charge in [-0.1, -0.05) is 0 Å². The third-order valence-electron chi connectivity index (χ3n) is 3.79. The average molecular weight is 352 g/mol. The molecule has 0 aliphatic carbocycles. The molecule has 0 amide bonds. The Hall–Kier alpha value is -1.32. The molecule has 0 spiro atoms. The minimum Gasteiger partial charge on any atom is -0.489 e. The average Bonchev–Trinajstić information content (AvgIpc) is 3.00. The van der Waals surface area contributed by atoms with E-state index < -0.39 is 27.9 Å². The van der Waals surface area contributed by atoms with Gasteiger partial charge in [-0.2, -0.15) is 13.2 Å². The summed E-state index contributed by atoms with van der Waals surface area (Å²) in [7, 11) is -2.17. The number of alkyl halides is 3. The van der Waals surface area contributed by atoms with Crippen LogP contribution in [0.15, 0.2) is 24.3 Å². The Kier molecular flexibility index (Phi) is 5.53. The molecule has 1 aliphatic rings. The maximum atomic E-state index is 12.6. The minimum absolute atomic E-state index is 0.0135. The molecule has 2 atom stereocenters. The topological polar surface area (TPSA) is 67.4 Å². The van der Waals surface area contributed by atoms with Crippen LogP contribution in [0.3, 0.4) is 0 Å². The number of sulfonamides is 1. The second-order valence-corrected chi connectivity index (χ2v) is 7.39. The van der Waals surface area contributed by atoms with Crippen LogP contribution in [0.1, 0.15) is 12.0 Å². The summed E-state index contributed by atoms with van der Waals surface area (Å²) in [6.45, 7) is 1.38. The predicted molar refractivity (Wildman–Crippen MR) is 79.7 cm³/mol. The first kappa shape index (κ1) is 18.0. The van der Waals surface area contributed by atoms with Crippen molar-refractivity contribution < 1.29 is 26.3 Å². The zero-order valence-electron chi connectivity index (χ0n) is 12.6. The third kappa shape index (κ3) is 5.08. The lowest BCUT2D eigenvalue weighted by Crippen LogP contribution is -2.39. The summed E-state index contributed by atoms with van der Waals surface area (Å²) in [6.07, 6.45) is -4.29. The number of hydrogen-bond donors (Lipinski definition) is 2. The lowest BCUT2D eigenvalue weighted by molar-refractivity contribution is -0.137. The number of nitrogens with one attached hydrogen (secondary N) is 2. The number of benzene rings is 1. The van der Waals surface area contributed by atoms with E-state index in [-0.39, 0.29) is 17.4 Å². The molecule has 1 heterocycles. The zero-order valence-corrected chi connectivity index (χ0v) is 13.4. The molecule has 1 aromatic carbocycles. The second kappa shape index (κ2) is 7.06. The number of halogens is 3. The molecule has 0 saturated carbocycles. The van der Waals surface area contributed by atoms with E-state index in [9.17, 15) is 21.6 Å². The van der Waals surface area contributed by atoms with Gasteiger partial charge in [-0.25, -0.2) is 13.1 Å². The molecule has 0 aromatic heterocycles. The van der Waals surface area contributed by atoms with Crippen molar-refractivity contribution >= 4 is 10.0 Å². The Morgan fingerprint density at radius 1 is 1.35 bits per heavy atom. The van der Waals surface area contributed by atoms with Crippen LogP contribution in [0, 0.1) is 5.92 Å². The van der Waals surface area contributed by atoms with Crippen LogP contribution in [0.25, 0.3) is 0 Å². The molecule has 0 radical (unpaired) electrons. The van der Waals surface area contributed by atoms with Gasteiger partial charge in [0.15, 0.2) is 0 Å². The molecule has 1 fully saturated rings. The van der Waals surface area contributed by atoms with Crippen molar-refractivity contribution in [2.45, 2.75) is 18.7 Å². The van der Waals surface area contributed by atoms with Crippen LogP contribution >= 0.6 is 0 Å². The molecule has 1 saturated heterocycles. The predicted octanol–water partition coefficient (Wildman–Crippen LogP) is 1.61. The van der Waals surface area contributed by atoms with E-state index in [1.54, 1.807) is 0 Å². The molecule has 1 aromatic rings. The van der Waals surface area contributed by atoms with Gasteiger partial charge < -0.3 is 10.1 Å². The molecule has 130 valence electrons. The smallest absolute Gasteiger partial charge is 0.416 e. The van der Waals surface area contributed by atoms with Crippen molar-refractivity contribution in [3.05, 3.63) is 29.8 Å². The van der Waals surface area contributed by atoms with Crippen LogP contribution in [-0.4, -0.2) is 40.4 Å².